The molecule has 0 unspecified atom stereocenters. The number of aromatic nitrogens is 3. The van der Waals surface area contributed by atoms with Crippen LogP contribution in [0.3, 0.4) is 0 Å². The Morgan fingerprint density at radius 1 is 0.600 bits per heavy atom. The zero-order valence-electron chi connectivity index (χ0n) is 47.6. The third-order valence-electron chi connectivity index (χ3n) is 9.83. The van der Waals surface area contributed by atoms with Crippen molar-refractivity contribution in [1.29, 1.82) is 5.26 Å². The largest absolute Gasteiger partial charge is 0.455 e. The van der Waals surface area contributed by atoms with Crippen molar-refractivity contribution >= 4 is 21.9 Å². The molecule has 292 valence electrons. The lowest BCUT2D eigenvalue weighted by molar-refractivity contribution is 0.669. The smallest absolute Gasteiger partial charge is 0.144 e. The summed E-state index contributed by atoms with van der Waals surface area (Å²) in [7, 11) is 0. The van der Waals surface area contributed by atoms with Crippen LogP contribution in [0.5, 0.6) is 0 Å². The maximum absolute atomic E-state index is 9.62. The van der Waals surface area contributed by atoms with Gasteiger partial charge < -0.3 is 4.42 Å². The average molecular weight is 794 g/mol. The second-order valence-electron chi connectivity index (χ2n) is 14.2. The zero-order valence-corrected chi connectivity index (χ0v) is 32.6. The lowest BCUT2D eigenvalue weighted by Gasteiger charge is -2.15. The highest BCUT2D eigenvalue weighted by Crippen LogP contribution is 2.36. The predicted molar refractivity (Wildman–Crippen MR) is 244 cm³/mol. The number of nitrogens with zero attached hydrogens (tertiary/aromatic N) is 4. The Kier molecular flexibility index (Phi) is 7.15. The predicted octanol–water partition coefficient (Wildman–Crippen LogP) is 13.1. The summed E-state index contributed by atoms with van der Waals surface area (Å²) in [5, 5.41) is 10.5. The monoisotopic (exact) mass is 793 g/mol. The molecule has 0 radical (unpaired) electrons. The van der Waals surface area contributed by atoms with Gasteiger partial charge in [-0.3, -0.25) is 15.0 Å². The van der Waals surface area contributed by atoms with E-state index in [4.69, 9.17) is 8.53 Å². The summed E-state index contributed by atoms with van der Waals surface area (Å²) in [6.45, 7) is 3.02. The third-order valence-corrected chi connectivity index (χ3v) is 9.83. The number of nitriles is 1. The molecule has 4 aromatic heterocycles. The summed E-state index contributed by atoms with van der Waals surface area (Å²) >= 11 is 0. The highest BCUT2D eigenvalue weighted by atomic mass is 16.3. The number of hydrogen-bond donors (Lipinski definition) is 0. The molecule has 0 N–H and O–H groups in total. The average Bonchev–Trinajstić information content (AvgIpc) is 3.77. The fourth-order valence-electron chi connectivity index (χ4n) is 6.81. The van der Waals surface area contributed by atoms with Crippen LogP contribution in [0, 0.1) is 11.3 Å². The number of para-hydroxylation sites is 1. The molecule has 0 aliphatic carbocycles. The van der Waals surface area contributed by atoms with Crippen molar-refractivity contribution in [3.05, 3.63) is 209 Å². The van der Waals surface area contributed by atoms with Crippen LogP contribution in [0.4, 0.5) is 0 Å². The molecule has 0 aliphatic heterocycles. The van der Waals surface area contributed by atoms with Crippen LogP contribution in [-0.2, 0) is 38.2 Å². The minimum Gasteiger partial charge on any atom is -0.455 e. The molecule has 0 saturated carbocycles. The van der Waals surface area contributed by atoms with E-state index in [-0.39, 0.29) is 56.8 Å². The number of furan rings is 1. The van der Waals surface area contributed by atoms with Gasteiger partial charge in [0.2, 0.25) is 0 Å². The van der Waals surface area contributed by atoms with Crippen LogP contribution in [0.15, 0.2) is 169 Å². The molecular weight excluding hydrogens is 733 g/mol. The van der Waals surface area contributed by atoms with Gasteiger partial charge in [-0.15, -0.1) is 0 Å². The van der Waals surface area contributed by atoms with Crippen molar-refractivity contribution < 1.29 is 25.0 Å². The lowest BCUT2D eigenvalue weighted by Crippen LogP contribution is -2.03. The van der Waals surface area contributed by atoms with Crippen molar-refractivity contribution in [1.82, 2.24) is 15.0 Å². The van der Waals surface area contributed by atoms with E-state index in [2.05, 4.69) is 15.0 Å². The number of aryl methyl sites for hydroxylation is 6. The Balaban J connectivity index is 1.16. The highest BCUT2D eigenvalue weighted by Gasteiger charge is 2.15. The standard InChI is InChI=1S/C55H46N4O/c1-37(2)50-32-53(45-12-7-4-8-13-45)59-36-46(50)24-20-42-29-40(18-16-38-22-26-51(57-34-38)44-10-5-3-6-11-44)28-41(30-42)19-17-39-23-27-52(58-35-39)49-15-9-14-48-47-25-21-43(33-56)31-54(47)60-55(48)49/h3-15,21-23,25-32,34-37H,16-20,24H2,1-2H3/i16D2,17D2,18D2,19D2,20D2,21D,24D2,31D,37D. The van der Waals surface area contributed by atoms with E-state index in [0.717, 1.165) is 36.2 Å². The molecule has 0 amide bonds. The van der Waals surface area contributed by atoms with E-state index in [1.165, 1.54) is 56.4 Å². The number of pyridine rings is 3. The summed E-state index contributed by atoms with van der Waals surface area (Å²) in [5.74, 6) is -1.52. The first-order chi connectivity index (χ1) is 35.1. The zero-order chi connectivity index (χ0) is 54.3. The topological polar surface area (TPSA) is 75.6 Å². The molecule has 0 aliphatic rings. The van der Waals surface area contributed by atoms with Crippen LogP contribution in [0.1, 0.15) is 84.8 Å². The number of fused-ring (bicyclic) bond motifs is 3. The normalized spacial score (nSPS) is 16.6. The summed E-state index contributed by atoms with van der Waals surface area (Å²) < 4.78 is 146. The summed E-state index contributed by atoms with van der Waals surface area (Å²) in [6, 6.07) is 35.8. The molecule has 5 nitrogen and oxygen atoms in total. The van der Waals surface area contributed by atoms with Gasteiger partial charge in [-0.1, -0.05) is 117 Å². The van der Waals surface area contributed by atoms with Gasteiger partial charge in [0.25, 0.3) is 0 Å². The van der Waals surface area contributed by atoms with Crippen molar-refractivity contribution in [2.45, 2.75) is 58.0 Å². The molecule has 5 aromatic carbocycles. The molecule has 0 fully saturated rings. The second-order valence-corrected chi connectivity index (χ2v) is 14.2. The first kappa shape index (κ1) is 24.7. The molecule has 0 saturated heterocycles. The molecular formula is C55H46N4O. The Hall–Kier alpha value is -7.16. The van der Waals surface area contributed by atoms with Crippen LogP contribution >= 0.6 is 0 Å². The van der Waals surface area contributed by atoms with Gasteiger partial charge in [0, 0.05) is 63.9 Å². The molecule has 0 atom stereocenters. The molecule has 5 heteroatoms. The Morgan fingerprint density at radius 3 is 1.78 bits per heavy atom. The second kappa shape index (κ2) is 17.4. The van der Waals surface area contributed by atoms with Crippen molar-refractivity contribution in [3.63, 3.8) is 0 Å². The number of rotatable bonds is 13. The fraction of sp³-hybridized carbons (Fsp3) is 0.164. The van der Waals surface area contributed by atoms with Crippen molar-refractivity contribution in [3.8, 4) is 39.8 Å². The van der Waals surface area contributed by atoms with Crippen LogP contribution in [0.2, 0.25) is 0 Å². The van der Waals surface area contributed by atoms with Crippen molar-refractivity contribution in [2.75, 3.05) is 0 Å². The number of benzene rings is 5. The summed E-state index contributed by atoms with van der Waals surface area (Å²) in [6.07, 6.45) is -15.3. The first-order valence-corrected chi connectivity index (χ1v) is 19.2. The first-order valence-electron chi connectivity index (χ1n) is 26.7. The van der Waals surface area contributed by atoms with E-state index in [0.29, 0.717) is 33.3 Å². The minimum atomic E-state index is -3.22. The molecule has 60 heavy (non-hydrogen) atoms. The maximum atomic E-state index is 9.62. The third kappa shape index (κ3) is 8.51. The van der Waals surface area contributed by atoms with E-state index in [1.54, 1.807) is 72.8 Å². The van der Waals surface area contributed by atoms with Gasteiger partial charge in [0.1, 0.15) is 11.2 Å². The molecule has 9 rings (SSSR count). The van der Waals surface area contributed by atoms with Gasteiger partial charge in [0.05, 0.1) is 31.5 Å². The minimum absolute atomic E-state index is 0.0788. The van der Waals surface area contributed by atoms with Crippen LogP contribution < -0.4 is 0 Å². The Bertz CT molecular complexity index is 3680. The van der Waals surface area contributed by atoms with Crippen LogP contribution in [-0.4, -0.2) is 15.0 Å². The molecule has 0 spiro atoms. The fourth-order valence-corrected chi connectivity index (χ4v) is 6.81. The Labute approximate surface area is 373 Å². The van der Waals surface area contributed by atoms with Gasteiger partial charge in [-0.05, 0) is 125 Å². The van der Waals surface area contributed by atoms with Crippen molar-refractivity contribution in [2.24, 2.45) is 0 Å². The van der Waals surface area contributed by atoms with E-state index >= 15 is 0 Å². The summed E-state index contributed by atoms with van der Waals surface area (Å²) in [4.78, 5) is 13.4. The lowest BCUT2D eigenvalue weighted by atomic mass is 9.91. The Morgan fingerprint density at radius 2 is 1.18 bits per heavy atom. The summed E-state index contributed by atoms with van der Waals surface area (Å²) in [5.41, 5.74) is 0.381. The van der Waals surface area contributed by atoms with Gasteiger partial charge in [-0.2, -0.15) is 5.26 Å². The van der Waals surface area contributed by atoms with Gasteiger partial charge in [0.15, 0.2) is 0 Å². The van der Waals surface area contributed by atoms with Crippen LogP contribution in [0.25, 0.3) is 55.7 Å². The van der Waals surface area contributed by atoms with E-state index < -0.39 is 60.8 Å². The van der Waals surface area contributed by atoms with E-state index in [9.17, 15) is 21.7 Å². The quantitative estimate of drug-likeness (QED) is 0.116. The van der Waals surface area contributed by atoms with Gasteiger partial charge >= 0.3 is 0 Å². The SMILES string of the molecule is [2H]c1cc2c(oc3c(-c4ccc(C([2H])([2H])C([2H])([2H])c5cc(C([2H])([2H])C([2H])([2H])c6ccc(-c7ccccc7)nc6)cc(C([2H])([2H])C([2H])([2H])c6cnc(-c7ccccc7)cc6C([2H])(C)C)c5)cn4)cccc32)c([2H])c1C#N. The highest BCUT2D eigenvalue weighted by molar-refractivity contribution is 6.09. The molecule has 9 aromatic rings. The van der Waals surface area contributed by atoms with Gasteiger partial charge in [-0.25, -0.2) is 0 Å². The van der Waals surface area contributed by atoms with E-state index in [1.807, 2.05) is 12.1 Å². The molecule has 4 heterocycles. The maximum Gasteiger partial charge on any atom is 0.144 e. The number of hydrogen-bond acceptors (Lipinski definition) is 5. The molecule has 0 bridgehead atoms.